The summed E-state index contributed by atoms with van der Waals surface area (Å²) in [4.78, 5) is 28.7. The van der Waals surface area contributed by atoms with Crippen LogP contribution in [0.25, 0.3) is 0 Å². The Bertz CT molecular complexity index is 834. The third-order valence-corrected chi connectivity index (χ3v) is 3.94. The molecule has 2 aromatic carbocycles. The molecular weight excluding hydrogens is 342 g/mol. The first kappa shape index (κ1) is 17.2. The van der Waals surface area contributed by atoms with Crippen molar-refractivity contribution in [1.82, 2.24) is 0 Å². The average molecular weight is 359 g/mol. The number of esters is 1. The smallest absolute Gasteiger partial charge is 0.308 e. The summed E-state index contributed by atoms with van der Waals surface area (Å²) in [6, 6.07) is 14.5. The van der Waals surface area contributed by atoms with E-state index in [2.05, 4.69) is 10.3 Å². The van der Waals surface area contributed by atoms with E-state index in [-0.39, 0.29) is 6.42 Å². The van der Waals surface area contributed by atoms with Gasteiger partial charge in [-0.3, -0.25) is 9.59 Å². The van der Waals surface area contributed by atoms with E-state index < -0.39 is 18.1 Å². The molecule has 25 heavy (non-hydrogen) atoms. The summed E-state index contributed by atoms with van der Waals surface area (Å²) < 4.78 is 5.27. The minimum absolute atomic E-state index is 0.235. The molecule has 0 saturated heterocycles. The van der Waals surface area contributed by atoms with Gasteiger partial charge >= 0.3 is 5.97 Å². The van der Waals surface area contributed by atoms with Crippen LogP contribution < -0.4 is 5.32 Å². The number of benzodiazepines with no additional fused rings is 1. The van der Waals surface area contributed by atoms with Crippen LogP contribution in [0, 0.1) is 0 Å². The van der Waals surface area contributed by atoms with Crippen molar-refractivity contribution in [1.29, 1.82) is 0 Å². The maximum absolute atomic E-state index is 12.5. The van der Waals surface area contributed by atoms with Gasteiger partial charge in [0, 0.05) is 22.6 Å². The molecule has 0 radical (unpaired) electrons. The van der Waals surface area contributed by atoms with E-state index in [1.807, 2.05) is 37.3 Å². The Morgan fingerprint density at radius 1 is 1.28 bits per heavy atom. The molecule has 1 aliphatic heterocycles. The van der Waals surface area contributed by atoms with Crippen LogP contribution in [0.3, 0.4) is 0 Å². The second-order valence-electron chi connectivity index (χ2n) is 5.62. The number of aliphatic imine (C=N–C) groups is 1. The van der Waals surface area contributed by atoms with Crippen molar-refractivity contribution in [3.63, 3.8) is 0 Å². The van der Waals surface area contributed by atoms with Crippen molar-refractivity contribution in [2.45, 2.75) is 26.0 Å². The second-order valence-corrected chi connectivity index (χ2v) is 6.05. The van der Waals surface area contributed by atoms with Gasteiger partial charge in [-0.05, 0) is 24.6 Å². The normalized spacial score (nSPS) is 16.3. The van der Waals surface area contributed by atoms with Crippen LogP contribution in [0.4, 0.5) is 5.69 Å². The lowest BCUT2D eigenvalue weighted by Crippen LogP contribution is -2.30. The summed E-state index contributed by atoms with van der Waals surface area (Å²) in [5.74, 6) is -0.943. The topological polar surface area (TPSA) is 67.8 Å². The quantitative estimate of drug-likeness (QED) is 0.845. The van der Waals surface area contributed by atoms with Crippen molar-refractivity contribution in [3.05, 3.63) is 64.7 Å². The number of benzene rings is 2. The first-order valence-electron chi connectivity index (χ1n) is 8.02. The van der Waals surface area contributed by atoms with Crippen LogP contribution in [0.1, 0.15) is 30.9 Å². The van der Waals surface area contributed by atoms with Gasteiger partial charge in [-0.1, -0.05) is 48.9 Å². The molecule has 1 aliphatic rings. The SMILES string of the molecule is CCCC(=O)OC1N=C(c2ccccc2)c2cc(Cl)ccc2N[14C]1=O. The highest BCUT2D eigenvalue weighted by atomic mass is 35.5. The molecule has 0 saturated carbocycles. The molecule has 0 spiro atoms. The van der Waals surface area contributed by atoms with Crippen LogP contribution >= 0.6 is 11.6 Å². The Balaban J connectivity index is 2.08. The minimum Gasteiger partial charge on any atom is -0.430 e. The van der Waals surface area contributed by atoms with E-state index in [4.69, 9.17) is 16.3 Å². The molecule has 1 N–H and O–H groups in total. The van der Waals surface area contributed by atoms with Crippen molar-refractivity contribution >= 4 is 34.9 Å². The largest absolute Gasteiger partial charge is 0.430 e. The number of carbonyl (C=O) groups excluding carboxylic acids is 2. The fourth-order valence-corrected chi connectivity index (χ4v) is 2.73. The molecular formula is C19H17ClN2O3. The fraction of sp³-hybridized carbons (Fsp3) is 0.211. The highest BCUT2D eigenvalue weighted by molar-refractivity contribution is 6.32. The van der Waals surface area contributed by atoms with E-state index in [1.165, 1.54) is 0 Å². The Hall–Kier alpha value is -2.66. The maximum atomic E-state index is 12.5. The lowest BCUT2D eigenvalue weighted by atomic mass is 10.0. The van der Waals surface area contributed by atoms with E-state index in [1.54, 1.807) is 18.2 Å². The van der Waals surface area contributed by atoms with E-state index >= 15 is 0 Å². The number of fused-ring (bicyclic) bond motifs is 1. The molecule has 1 heterocycles. The zero-order chi connectivity index (χ0) is 17.8. The Morgan fingerprint density at radius 3 is 2.76 bits per heavy atom. The molecule has 3 rings (SSSR count). The number of hydrogen-bond acceptors (Lipinski definition) is 4. The summed E-state index contributed by atoms with van der Waals surface area (Å²) >= 11 is 6.13. The van der Waals surface area contributed by atoms with Gasteiger partial charge in [-0.2, -0.15) is 0 Å². The third-order valence-electron chi connectivity index (χ3n) is 3.71. The summed E-state index contributed by atoms with van der Waals surface area (Å²) in [5.41, 5.74) is 2.61. The van der Waals surface area contributed by atoms with Gasteiger partial charge in [0.1, 0.15) is 0 Å². The zero-order valence-electron chi connectivity index (χ0n) is 13.7. The molecule has 2 aromatic rings. The average Bonchev–Trinajstić information content (AvgIpc) is 2.73. The molecule has 1 unspecified atom stereocenters. The molecule has 6 heteroatoms. The monoisotopic (exact) mass is 358 g/mol. The van der Waals surface area contributed by atoms with Crippen molar-refractivity contribution in [3.8, 4) is 0 Å². The first-order valence-corrected chi connectivity index (χ1v) is 8.39. The van der Waals surface area contributed by atoms with Crippen molar-refractivity contribution in [2.24, 2.45) is 4.99 Å². The number of hydrogen-bond donors (Lipinski definition) is 1. The lowest BCUT2D eigenvalue weighted by molar-refractivity contribution is -0.153. The summed E-state index contributed by atoms with van der Waals surface area (Å²) in [6.45, 7) is 1.87. The first-order chi connectivity index (χ1) is 12.1. The predicted octanol–water partition coefficient (Wildman–Crippen LogP) is 3.80. The number of anilines is 1. The number of amides is 1. The van der Waals surface area contributed by atoms with E-state index in [9.17, 15) is 9.59 Å². The molecule has 0 aromatic heterocycles. The summed E-state index contributed by atoms with van der Waals surface area (Å²) in [6.07, 6.45) is -0.364. The summed E-state index contributed by atoms with van der Waals surface area (Å²) in [5, 5.41) is 3.28. The van der Waals surface area contributed by atoms with Gasteiger partial charge < -0.3 is 10.1 Å². The van der Waals surface area contributed by atoms with Crippen LogP contribution in [0.15, 0.2) is 53.5 Å². The minimum atomic E-state index is -1.24. The lowest BCUT2D eigenvalue weighted by Gasteiger charge is -2.12. The number of nitrogens with zero attached hydrogens (tertiary/aromatic N) is 1. The summed E-state index contributed by atoms with van der Waals surface area (Å²) in [7, 11) is 0. The molecule has 1 atom stereocenters. The van der Waals surface area contributed by atoms with Gasteiger partial charge in [0.15, 0.2) is 0 Å². The van der Waals surface area contributed by atoms with E-state index in [0.29, 0.717) is 28.4 Å². The zero-order valence-corrected chi connectivity index (χ0v) is 14.4. The predicted molar refractivity (Wildman–Crippen MR) is 97.0 cm³/mol. The van der Waals surface area contributed by atoms with Crippen LogP contribution in [0.5, 0.6) is 0 Å². The molecule has 0 fully saturated rings. The molecule has 0 bridgehead atoms. The third kappa shape index (κ3) is 3.88. The number of halogens is 1. The molecule has 5 nitrogen and oxygen atoms in total. The highest BCUT2D eigenvalue weighted by Crippen LogP contribution is 2.27. The van der Waals surface area contributed by atoms with Crippen molar-refractivity contribution < 1.29 is 14.3 Å². The van der Waals surface area contributed by atoms with Gasteiger partial charge in [0.2, 0.25) is 0 Å². The number of nitrogens with one attached hydrogen (secondary N) is 1. The Labute approximate surface area is 150 Å². The van der Waals surface area contributed by atoms with Gasteiger partial charge in [-0.15, -0.1) is 0 Å². The van der Waals surface area contributed by atoms with Gasteiger partial charge in [0.25, 0.3) is 12.1 Å². The van der Waals surface area contributed by atoms with Gasteiger partial charge in [-0.25, -0.2) is 4.99 Å². The van der Waals surface area contributed by atoms with Crippen LogP contribution in [-0.4, -0.2) is 23.8 Å². The van der Waals surface area contributed by atoms with E-state index in [0.717, 1.165) is 5.56 Å². The van der Waals surface area contributed by atoms with Crippen LogP contribution in [-0.2, 0) is 14.3 Å². The maximum Gasteiger partial charge on any atom is 0.308 e. The highest BCUT2D eigenvalue weighted by Gasteiger charge is 2.28. The van der Waals surface area contributed by atoms with Gasteiger partial charge in [0.05, 0.1) is 11.4 Å². The Kier molecular flexibility index (Phi) is 5.14. The number of rotatable bonds is 4. The Morgan fingerprint density at radius 2 is 2.04 bits per heavy atom. The number of ether oxygens (including phenoxy) is 1. The molecule has 1 amide bonds. The molecule has 128 valence electrons. The number of carbonyl (C=O) groups is 2. The van der Waals surface area contributed by atoms with Crippen LogP contribution in [0.2, 0.25) is 5.02 Å². The molecule has 0 aliphatic carbocycles. The second kappa shape index (κ2) is 7.49. The van der Waals surface area contributed by atoms with Crippen molar-refractivity contribution in [2.75, 3.05) is 5.32 Å². The standard InChI is InChI=1S/C19H17ClN2O3/c1-2-6-16(23)25-19-18(24)21-15-10-9-13(20)11-14(15)17(22-19)12-7-4-3-5-8-12/h3-5,7-11,19H,2,6H2,1H3,(H,21,24)/i18+2. The fourth-order valence-electron chi connectivity index (χ4n) is 2.55.